The third kappa shape index (κ3) is 6.14. The summed E-state index contributed by atoms with van der Waals surface area (Å²) in [4.78, 5) is 34.7. The second-order valence-corrected chi connectivity index (χ2v) is 8.74. The van der Waals surface area contributed by atoms with E-state index in [0.29, 0.717) is 32.6 Å². The average Bonchev–Trinajstić information content (AvgIpc) is 3.11. The lowest BCUT2D eigenvalue weighted by atomic mass is 9.82. The summed E-state index contributed by atoms with van der Waals surface area (Å²) in [6.07, 6.45) is 3.98. The third-order valence-corrected chi connectivity index (χ3v) is 6.41. The van der Waals surface area contributed by atoms with Crippen LogP contribution in [-0.4, -0.2) is 90.7 Å². The SMILES string of the molecule is CC(=O)N[C@H]1[C@@H](O)[C@@H](O)[C@]2(COCCOCCNC(=O)/C=C/C(=O)C3CCC3)CC[C@H]1O2. The molecule has 3 rings (SSSR count). The molecule has 2 saturated heterocycles. The fourth-order valence-electron chi connectivity index (χ4n) is 4.37. The van der Waals surface area contributed by atoms with Gasteiger partial charge in [0.1, 0.15) is 17.8 Å². The fraction of sp³-hybridized carbons (Fsp3) is 0.773. The van der Waals surface area contributed by atoms with Crippen molar-refractivity contribution in [3.05, 3.63) is 12.2 Å². The van der Waals surface area contributed by atoms with Crippen LogP contribution >= 0.6 is 0 Å². The van der Waals surface area contributed by atoms with E-state index in [2.05, 4.69) is 10.6 Å². The van der Waals surface area contributed by atoms with Gasteiger partial charge in [0, 0.05) is 25.5 Å². The number of hydrogen-bond acceptors (Lipinski definition) is 8. The lowest BCUT2D eigenvalue weighted by molar-refractivity contribution is -0.226. The number of aliphatic hydroxyl groups excluding tert-OH is 2. The van der Waals surface area contributed by atoms with Crippen molar-refractivity contribution in [2.75, 3.05) is 33.0 Å². The number of aliphatic hydroxyl groups is 2. The molecule has 0 spiro atoms. The van der Waals surface area contributed by atoms with Gasteiger partial charge >= 0.3 is 0 Å². The number of hydrogen-bond donors (Lipinski definition) is 4. The van der Waals surface area contributed by atoms with Gasteiger partial charge in [-0.15, -0.1) is 0 Å². The number of rotatable bonds is 12. The molecule has 5 atom stereocenters. The molecule has 3 fully saturated rings. The van der Waals surface area contributed by atoms with Crippen molar-refractivity contribution in [1.82, 2.24) is 10.6 Å². The second-order valence-electron chi connectivity index (χ2n) is 8.74. The summed E-state index contributed by atoms with van der Waals surface area (Å²) in [6, 6.07) is -0.636. The first-order chi connectivity index (χ1) is 15.3. The van der Waals surface area contributed by atoms with E-state index in [0.717, 1.165) is 19.3 Å². The lowest BCUT2D eigenvalue weighted by Gasteiger charge is -2.44. The van der Waals surface area contributed by atoms with Gasteiger partial charge in [0.25, 0.3) is 0 Å². The Morgan fingerprint density at radius 3 is 2.53 bits per heavy atom. The smallest absolute Gasteiger partial charge is 0.244 e. The zero-order valence-corrected chi connectivity index (χ0v) is 18.5. The number of ketones is 1. The lowest BCUT2D eigenvalue weighted by Crippen LogP contribution is -2.65. The van der Waals surface area contributed by atoms with Gasteiger partial charge in [-0.05, 0) is 31.8 Å². The first-order valence-electron chi connectivity index (χ1n) is 11.3. The van der Waals surface area contributed by atoms with Gasteiger partial charge in [0.15, 0.2) is 5.78 Å². The summed E-state index contributed by atoms with van der Waals surface area (Å²) in [7, 11) is 0. The van der Waals surface area contributed by atoms with Crippen LogP contribution in [0.3, 0.4) is 0 Å². The van der Waals surface area contributed by atoms with Crippen molar-refractivity contribution in [1.29, 1.82) is 0 Å². The van der Waals surface area contributed by atoms with Crippen LogP contribution in [0.2, 0.25) is 0 Å². The molecule has 10 heteroatoms. The molecule has 2 bridgehead atoms. The van der Waals surface area contributed by atoms with Gasteiger partial charge < -0.3 is 35.1 Å². The predicted molar refractivity (Wildman–Crippen MR) is 113 cm³/mol. The van der Waals surface area contributed by atoms with Crippen LogP contribution in [0.5, 0.6) is 0 Å². The molecule has 32 heavy (non-hydrogen) atoms. The van der Waals surface area contributed by atoms with Crippen LogP contribution in [0, 0.1) is 5.92 Å². The molecule has 1 aliphatic carbocycles. The van der Waals surface area contributed by atoms with Crippen LogP contribution in [-0.2, 0) is 28.6 Å². The number of carbonyl (C=O) groups excluding carboxylic acids is 3. The number of amides is 2. The fourth-order valence-corrected chi connectivity index (χ4v) is 4.37. The van der Waals surface area contributed by atoms with Crippen molar-refractivity contribution in [3.8, 4) is 0 Å². The largest absolute Gasteiger partial charge is 0.388 e. The summed E-state index contributed by atoms with van der Waals surface area (Å²) >= 11 is 0. The first kappa shape index (κ1) is 24.8. The number of fused-ring (bicyclic) bond motifs is 2. The number of nitrogens with one attached hydrogen (secondary N) is 2. The van der Waals surface area contributed by atoms with Crippen molar-refractivity contribution >= 4 is 17.6 Å². The van der Waals surface area contributed by atoms with E-state index >= 15 is 0 Å². The molecule has 2 amide bonds. The molecule has 4 N–H and O–H groups in total. The first-order valence-corrected chi connectivity index (χ1v) is 11.3. The Morgan fingerprint density at radius 1 is 1.09 bits per heavy atom. The Bertz CT molecular complexity index is 710. The Morgan fingerprint density at radius 2 is 1.84 bits per heavy atom. The summed E-state index contributed by atoms with van der Waals surface area (Å²) in [6.45, 7) is 2.62. The molecule has 1 saturated carbocycles. The Labute approximate surface area is 187 Å². The van der Waals surface area contributed by atoms with Gasteiger partial charge in [-0.25, -0.2) is 0 Å². The minimum Gasteiger partial charge on any atom is -0.388 e. The number of carbonyl (C=O) groups is 3. The van der Waals surface area contributed by atoms with Crippen LogP contribution in [0.25, 0.3) is 0 Å². The molecule has 3 aliphatic rings. The molecule has 2 aliphatic heterocycles. The number of allylic oxidation sites excluding steroid dienone is 1. The molecule has 0 aromatic carbocycles. The van der Waals surface area contributed by atoms with Crippen molar-refractivity contribution in [3.63, 3.8) is 0 Å². The molecule has 10 nitrogen and oxygen atoms in total. The van der Waals surface area contributed by atoms with Crippen LogP contribution < -0.4 is 10.6 Å². The highest BCUT2D eigenvalue weighted by molar-refractivity contribution is 5.99. The van der Waals surface area contributed by atoms with E-state index in [9.17, 15) is 24.6 Å². The van der Waals surface area contributed by atoms with Crippen LogP contribution in [0.1, 0.15) is 39.0 Å². The van der Waals surface area contributed by atoms with Gasteiger partial charge in [-0.1, -0.05) is 6.42 Å². The van der Waals surface area contributed by atoms with Crippen molar-refractivity contribution < 1.29 is 38.8 Å². The van der Waals surface area contributed by atoms with Crippen molar-refractivity contribution in [2.24, 2.45) is 5.92 Å². The molecular formula is C22H34N2O8. The van der Waals surface area contributed by atoms with E-state index in [-0.39, 0.29) is 42.8 Å². The van der Waals surface area contributed by atoms with E-state index in [1.165, 1.54) is 19.1 Å². The maximum Gasteiger partial charge on any atom is 0.244 e. The normalized spacial score (nSPS) is 32.0. The van der Waals surface area contributed by atoms with Crippen molar-refractivity contribution in [2.45, 2.75) is 69.0 Å². The van der Waals surface area contributed by atoms with E-state index < -0.39 is 23.9 Å². The van der Waals surface area contributed by atoms with Crippen LogP contribution in [0.15, 0.2) is 12.2 Å². The summed E-state index contributed by atoms with van der Waals surface area (Å²) in [5.74, 6) is -0.517. The van der Waals surface area contributed by atoms with Gasteiger partial charge in [0.05, 0.1) is 38.6 Å². The highest BCUT2D eigenvalue weighted by Gasteiger charge is 2.58. The standard InChI is InChI=1S/C22H34N2O8/c1-14(25)24-19-17-7-8-22(32-17,21(29)20(19)28)13-31-12-11-30-10-9-23-18(27)6-5-16(26)15-3-2-4-15/h5-6,15,17,19-21,28-29H,2-4,7-13H2,1H3,(H,23,27)(H,24,25)/b6-5+/t17-,19-,20-,21-,22-/m1/s1. The summed E-state index contributed by atoms with van der Waals surface area (Å²) in [5.41, 5.74) is -0.990. The Hall–Kier alpha value is -1.85. The van der Waals surface area contributed by atoms with E-state index in [1.807, 2.05) is 0 Å². The monoisotopic (exact) mass is 454 g/mol. The topological polar surface area (TPSA) is 143 Å². The maximum atomic E-state index is 11.7. The molecule has 0 aromatic heterocycles. The minimum atomic E-state index is -1.17. The second kappa shape index (κ2) is 11.3. The van der Waals surface area contributed by atoms with Gasteiger partial charge in [-0.2, -0.15) is 0 Å². The Kier molecular flexibility index (Phi) is 8.78. The quantitative estimate of drug-likeness (QED) is 0.222. The molecule has 0 unspecified atom stereocenters. The van der Waals surface area contributed by atoms with E-state index in [4.69, 9.17) is 14.2 Å². The molecule has 0 aromatic rings. The molecule has 2 heterocycles. The predicted octanol–water partition coefficient (Wildman–Crippen LogP) is -0.781. The molecule has 0 radical (unpaired) electrons. The zero-order chi connectivity index (χ0) is 23.1. The highest BCUT2D eigenvalue weighted by Crippen LogP contribution is 2.42. The molecular weight excluding hydrogens is 420 g/mol. The minimum absolute atomic E-state index is 0.0121. The van der Waals surface area contributed by atoms with E-state index in [1.54, 1.807) is 0 Å². The zero-order valence-electron chi connectivity index (χ0n) is 18.5. The highest BCUT2D eigenvalue weighted by atomic mass is 16.6. The Balaban J connectivity index is 1.26. The number of ether oxygens (including phenoxy) is 3. The summed E-state index contributed by atoms with van der Waals surface area (Å²) < 4.78 is 17.0. The average molecular weight is 455 g/mol. The van der Waals surface area contributed by atoms with Gasteiger partial charge in [-0.3, -0.25) is 14.4 Å². The van der Waals surface area contributed by atoms with Crippen LogP contribution in [0.4, 0.5) is 0 Å². The summed E-state index contributed by atoms with van der Waals surface area (Å²) in [5, 5.41) is 26.2. The van der Waals surface area contributed by atoms with Gasteiger partial charge in [0.2, 0.25) is 11.8 Å². The third-order valence-electron chi connectivity index (χ3n) is 6.41. The molecule has 180 valence electrons. The maximum absolute atomic E-state index is 11.7.